The maximum absolute atomic E-state index is 8.67. The van der Waals surface area contributed by atoms with Crippen molar-refractivity contribution in [3.63, 3.8) is 0 Å². The van der Waals surface area contributed by atoms with Crippen LogP contribution in [0.25, 0.3) is 11.1 Å². The molecule has 2 aromatic carbocycles. The van der Waals surface area contributed by atoms with Crippen molar-refractivity contribution in [2.24, 2.45) is 0 Å². The van der Waals surface area contributed by atoms with Gasteiger partial charge in [0, 0.05) is 0 Å². The van der Waals surface area contributed by atoms with Crippen LogP contribution in [0.4, 0.5) is 0 Å². The average Bonchev–Trinajstić information content (AvgIpc) is 2.49. The number of aliphatic hydroxyl groups excluding tert-OH is 1. The van der Waals surface area contributed by atoms with E-state index >= 15 is 0 Å². The van der Waals surface area contributed by atoms with E-state index < -0.39 is 0 Å². The van der Waals surface area contributed by atoms with Crippen LogP contribution >= 0.6 is 0 Å². The summed E-state index contributed by atoms with van der Waals surface area (Å²) >= 11 is 0. The number of benzene rings is 2. The van der Waals surface area contributed by atoms with Crippen LogP contribution in [0.1, 0.15) is 26.7 Å². The van der Waals surface area contributed by atoms with Crippen LogP contribution in [0.3, 0.4) is 0 Å². The fourth-order valence-electron chi connectivity index (χ4n) is 1.55. The minimum Gasteiger partial charge on any atom is -0.393 e. The Kier molecular flexibility index (Phi) is 6.82. The Balaban J connectivity index is 0.000000232. The fourth-order valence-corrected chi connectivity index (χ4v) is 1.55. The minimum atomic E-state index is -0.0648. The highest BCUT2D eigenvalue weighted by atomic mass is 16.3. The maximum Gasteiger partial charge on any atom is 0.0535 e. The Labute approximate surface area is 110 Å². The molecule has 18 heavy (non-hydrogen) atoms. The number of rotatable bonds is 3. The van der Waals surface area contributed by atoms with Gasteiger partial charge >= 0.3 is 0 Å². The Morgan fingerprint density at radius 3 is 1.28 bits per heavy atom. The predicted octanol–water partition coefficient (Wildman–Crippen LogP) is 4.52. The largest absolute Gasteiger partial charge is 0.393 e. The van der Waals surface area contributed by atoms with Gasteiger partial charge in [0.1, 0.15) is 0 Å². The summed E-state index contributed by atoms with van der Waals surface area (Å²) in [6.07, 6.45) is 1.71. The van der Waals surface area contributed by atoms with E-state index in [1.807, 2.05) is 26.0 Å². The van der Waals surface area contributed by atoms with Gasteiger partial charge in [-0.1, -0.05) is 74.5 Å². The highest BCUT2D eigenvalue weighted by Gasteiger charge is 1.92. The summed E-state index contributed by atoms with van der Waals surface area (Å²) in [6.45, 7) is 3.96. The summed E-state index contributed by atoms with van der Waals surface area (Å²) in [7, 11) is 0. The SMILES string of the molecule is CCC(O)CC.c1ccc(-c2ccccc2)cc1. The number of hydrogen-bond acceptors (Lipinski definition) is 1. The zero-order valence-corrected chi connectivity index (χ0v) is 11.2. The van der Waals surface area contributed by atoms with Gasteiger partial charge in [0.05, 0.1) is 6.10 Å². The van der Waals surface area contributed by atoms with E-state index in [1.165, 1.54) is 11.1 Å². The van der Waals surface area contributed by atoms with Crippen LogP contribution in [-0.2, 0) is 0 Å². The molecular formula is C17H22O. The smallest absolute Gasteiger partial charge is 0.0535 e. The monoisotopic (exact) mass is 242 g/mol. The lowest BCUT2D eigenvalue weighted by Crippen LogP contribution is -1.99. The van der Waals surface area contributed by atoms with Gasteiger partial charge in [0.25, 0.3) is 0 Å². The van der Waals surface area contributed by atoms with Gasteiger partial charge in [0.2, 0.25) is 0 Å². The predicted molar refractivity (Wildman–Crippen MR) is 78.5 cm³/mol. The Bertz CT molecular complexity index is 367. The molecule has 1 heteroatoms. The number of hydrogen-bond donors (Lipinski definition) is 1. The van der Waals surface area contributed by atoms with E-state index in [4.69, 9.17) is 5.11 Å². The molecule has 0 unspecified atom stereocenters. The van der Waals surface area contributed by atoms with Crippen LogP contribution in [0.5, 0.6) is 0 Å². The first-order chi connectivity index (χ1) is 8.77. The van der Waals surface area contributed by atoms with E-state index in [0.717, 1.165) is 12.8 Å². The lowest BCUT2D eigenvalue weighted by Gasteiger charge is -1.98. The second-order valence-electron chi connectivity index (χ2n) is 4.20. The molecule has 96 valence electrons. The van der Waals surface area contributed by atoms with Crippen LogP contribution in [-0.4, -0.2) is 11.2 Å². The fraction of sp³-hybridized carbons (Fsp3) is 0.294. The van der Waals surface area contributed by atoms with Gasteiger partial charge in [-0.05, 0) is 24.0 Å². The zero-order valence-electron chi connectivity index (χ0n) is 11.2. The van der Waals surface area contributed by atoms with Gasteiger partial charge in [-0.2, -0.15) is 0 Å². The molecular weight excluding hydrogens is 220 g/mol. The molecule has 0 amide bonds. The second-order valence-corrected chi connectivity index (χ2v) is 4.20. The summed E-state index contributed by atoms with van der Waals surface area (Å²) < 4.78 is 0. The van der Waals surface area contributed by atoms with E-state index in [-0.39, 0.29) is 6.10 Å². The normalized spacial score (nSPS) is 9.78. The van der Waals surface area contributed by atoms with Crippen molar-refractivity contribution in [3.8, 4) is 11.1 Å². The first-order valence-corrected chi connectivity index (χ1v) is 6.56. The molecule has 0 saturated carbocycles. The lowest BCUT2D eigenvalue weighted by atomic mass is 10.1. The molecule has 0 aliphatic carbocycles. The topological polar surface area (TPSA) is 20.2 Å². The van der Waals surface area contributed by atoms with Crippen LogP contribution in [0.2, 0.25) is 0 Å². The summed E-state index contributed by atoms with van der Waals surface area (Å²) in [5, 5.41) is 8.67. The molecule has 1 N–H and O–H groups in total. The number of aliphatic hydroxyl groups is 1. The summed E-state index contributed by atoms with van der Waals surface area (Å²) in [4.78, 5) is 0. The van der Waals surface area contributed by atoms with Crippen LogP contribution < -0.4 is 0 Å². The van der Waals surface area contributed by atoms with Crippen molar-refractivity contribution < 1.29 is 5.11 Å². The third kappa shape index (κ3) is 5.15. The first kappa shape index (κ1) is 14.5. The van der Waals surface area contributed by atoms with Gasteiger partial charge in [-0.25, -0.2) is 0 Å². The first-order valence-electron chi connectivity index (χ1n) is 6.56. The van der Waals surface area contributed by atoms with Crippen LogP contribution in [0, 0.1) is 0 Å². The molecule has 2 rings (SSSR count). The molecule has 0 atom stereocenters. The van der Waals surface area contributed by atoms with E-state index in [9.17, 15) is 0 Å². The van der Waals surface area contributed by atoms with Crippen molar-refractivity contribution in [1.82, 2.24) is 0 Å². The molecule has 0 heterocycles. The molecule has 0 aliphatic rings. The van der Waals surface area contributed by atoms with Crippen molar-refractivity contribution >= 4 is 0 Å². The molecule has 0 saturated heterocycles. The van der Waals surface area contributed by atoms with E-state index in [2.05, 4.69) is 48.5 Å². The van der Waals surface area contributed by atoms with Crippen molar-refractivity contribution in [1.29, 1.82) is 0 Å². The summed E-state index contributed by atoms with van der Waals surface area (Å²) in [6, 6.07) is 20.8. The van der Waals surface area contributed by atoms with Gasteiger partial charge < -0.3 is 5.11 Å². The highest BCUT2D eigenvalue weighted by molar-refractivity contribution is 5.62. The molecule has 2 aromatic rings. The molecule has 0 aliphatic heterocycles. The average molecular weight is 242 g/mol. The third-order valence-electron chi connectivity index (χ3n) is 2.82. The van der Waals surface area contributed by atoms with Crippen molar-refractivity contribution in [2.45, 2.75) is 32.8 Å². The molecule has 1 nitrogen and oxygen atoms in total. The summed E-state index contributed by atoms with van der Waals surface area (Å²) in [5.74, 6) is 0. The molecule has 0 bridgehead atoms. The van der Waals surface area contributed by atoms with Crippen molar-refractivity contribution in [2.75, 3.05) is 0 Å². The second kappa shape index (κ2) is 8.48. The quantitative estimate of drug-likeness (QED) is 0.839. The Morgan fingerprint density at radius 2 is 1.06 bits per heavy atom. The minimum absolute atomic E-state index is 0.0648. The standard InChI is InChI=1S/C12H10.C5H12O/c1-3-7-11(8-4-1)12-9-5-2-6-10-12;1-3-5(6)4-2/h1-10H;5-6H,3-4H2,1-2H3. The van der Waals surface area contributed by atoms with Gasteiger partial charge in [-0.15, -0.1) is 0 Å². The van der Waals surface area contributed by atoms with Gasteiger partial charge in [0.15, 0.2) is 0 Å². The molecule has 0 radical (unpaired) electrons. The van der Waals surface area contributed by atoms with Gasteiger partial charge in [-0.3, -0.25) is 0 Å². The molecule has 0 fully saturated rings. The molecule has 0 aromatic heterocycles. The maximum atomic E-state index is 8.67. The zero-order chi connectivity index (χ0) is 13.2. The third-order valence-corrected chi connectivity index (χ3v) is 2.82. The van der Waals surface area contributed by atoms with E-state index in [1.54, 1.807) is 0 Å². The lowest BCUT2D eigenvalue weighted by molar-refractivity contribution is 0.166. The van der Waals surface area contributed by atoms with E-state index in [0.29, 0.717) is 0 Å². The van der Waals surface area contributed by atoms with Crippen molar-refractivity contribution in [3.05, 3.63) is 60.7 Å². The Morgan fingerprint density at radius 1 is 0.722 bits per heavy atom. The molecule has 0 spiro atoms. The highest BCUT2D eigenvalue weighted by Crippen LogP contribution is 2.17. The Hall–Kier alpha value is -1.60. The summed E-state index contributed by atoms with van der Waals surface area (Å²) in [5.41, 5.74) is 2.55. The van der Waals surface area contributed by atoms with Crippen LogP contribution in [0.15, 0.2) is 60.7 Å².